The van der Waals surface area contributed by atoms with Crippen LogP contribution in [0.15, 0.2) is 18.2 Å². The molecule has 1 aliphatic heterocycles. The van der Waals surface area contributed by atoms with E-state index in [1.54, 1.807) is 23.1 Å². The highest BCUT2D eigenvalue weighted by molar-refractivity contribution is 5.98. The van der Waals surface area contributed by atoms with E-state index in [0.717, 1.165) is 25.9 Å². The number of nitrogens with zero attached hydrogens (tertiary/aromatic N) is 2. The number of amides is 1. The number of carbonyl (C=O) groups is 1. The van der Waals surface area contributed by atoms with Crippen molar-refractivity contribution in [3.63, 3.8) is 0 Å². The van der Waals surface area contributed by atoms with Gasteiger partial charge in [-0.25, -0.2) is 0 Å². The molecule has 104 valence electrons. The Bertz CT molecular complexity index is 466. The van der Waals surface area contributed by atoms with E-state index >= 15 is 0 Å². The molecule has 0 unspecified atom stereocenters. The van der Waals surface area contributed by atoms with Gasteiger partial charge in [-0.1, -0.05) is 6.07 Å². The Kier molecular flexibility index (Phi) is 3.95. The van der Waals surface area contributed by atoms with Gasteiger partial charge >= 0.3 is 0 Å². The van der Waals surface area contributed by atoms with Gasteiger partial charge in [-0.15, -0.1) is 0 Å². The molecule has 1 heterocycles. The maximum Gasteiger partial charge on any atom is 0.257 e. The van der Waals surface area contributed by atoms with Crippen LogP contribution >= 0.6 is 0 Å². The molecule has 1 aromatic carbocycles. The van der Waals surface area contributed by atoms with Gasteiger partial charge in [0.2, 0.25) is 0 Å². The summed E-state index contributed by atoms with van der Waals surface area (Å²) in [4.78, 5) is 16.3. The number of phenolic OH excluding ortho intramolecular Hbond substituents is 1. The molecule has 0 aliphatic carbocycles. The SMILES string of the molecule is CN(C)C1CCN(C(=O)c2cccc(N)c2O)CC1. The first-order chi connectivity index (χ1) is 9.00. The summed E-state index contributed by atoms with van der Waals surface area (Å²) in [5.41, 5.74) is 6.16. The van der Waals surface area contributed by atoms with Crippen molar-refractivity contribution in [3.05, 3.63) is 23.8 Å². The second-order valence-electron chi connectivity index (χ2n) is 5.23. The zero-order valence-electron chi connectivity index (χ0n) is 11.5. The zero-order valence-corrected chi connectivity index (χ0v) is 11.5. The number of hydrogen-bond donors (Lipinski definition) is 2. The topological polar surface area (TPSA) is 69.8 Å². The van der Waals surface area contributed by atoms with Gasteiger partial charge in [0, 0.05) is 19.1 Å². The molecule has 0 saturated carbocycles. The van der Waals surface area contributed by atoms with Crippen LogP contribution in [0.2, 0.25) is 0 Å². The summed E-state index contributed by atoms with van der Waals surface area (Å²) in [6, 6.07) is 5.42. The summed E-state index contributed by atoms with van der Waals surface area (Å²) in [6.07, 6.45) is 1.92. The minimum Gasteiger partial charge on any atom is -0.505 e. The first-order valence-corrected chi connectivity index (χ1v) is 6.54. The van der Waals surface area contributed by atoms with Crippen LogP contribution in [0.5, 0.6) is 5.75 Å². The van der Waals surface area contributed by atoms with Crippen molar-refractivity contribution < 1.29 is 9.90 Å². The normalized spacial score (nSPS) is 16.9. The van der Waals surface area contributed by atoms with Gasteiger partial charge in [0.05, 0.1) is 11.3 Å². The number of aromatic hydroxyl groups is 1. The molecule has 0 spiro atoms. The Morgan fingerprint density at radius 3 is 2.58 bits per heavy atom. The van der Waals surface area contributed by atoms with Crippen molar-refractivity contribution in [2.75, 3.05) is 32.9 Å². The number of nitrogen functional groups attached to an aromatic ring is 1. The third-order valence-electron chi connectivity index (χ3n) is 3.78. The average molecular weight is 263 g/mol. The molecule has 1 saturated heterocycles. The predicted molar refractivity (Wildman–Crippen MR) is 75.1 cm³/mol. The second-order valence-corrected chi connectivity index (χ2v) is 5.23. The fraction of sp³-hybridized carbons (Fsp3) is 0.500. The van der Waals surface area contributed by atoms with Crippen LogP contribution in [0.4, 0.5) is 5.69 Å². The van der Waals surface area contributed by atoms with Crippen molar-refractivity contribution in [1.82, 2.24) is 9.80 Å². The monoisotopic (exact) mass is 263 g/mol. The summed E-state index contributed by atoms with van der Waals surface area (Å²) in [7, 11) is 4.12. The van der Waals surface area contributed by atoms with E-state index < -0.39 is 0 Å². The molecule has 5 nitrogen and oxygen atoms in total. The van der Waals surface area contributed by atoms with E-state index in [4.69, 9.17) is 5.73 Å². The van der Waals surface area contributed by atoms with Gasteiger partial charge in [-0.3, -0.25) is 4.79 Å². The van der Waals surface area contributed by atoms with Crippen LogP contribution in [0, 0.1) is 0 Å². The number of anilines is 1. The second kappa shape index (κ2) is 5.48. The Balaban J connectivity index is 2.07. The molecule has 1 aliphatic rings. The number of hydrogen-bond acceptors (Lipinski definition) is 4. The molecule has 1 aromatic rings. The first kappa shape index (κ1) is 13.7. The number of piperidine rings is 1. The lowest BCUT2D eigenvalue weighted by Gasteiger charge is -2.35. The van der Waals surface area contributed by atoms with Crippen molar-refractivity contribution in [2.45, 2.75) is 18.9 Å². The van der Waals surface area contributed by atoms with E-state index in [0.29, 0.717) is 11.6 Å². The van der Waals surface area contributed by atoms with Crippen LogP contribution in [0.3, 0.4) is 0 Å². The van der Waals surface area contributed by atoms with E-state index in [2.05, 4.69) is 19.0 Å². The van der Waals surface area contributed by atoms with Gasteiger partial charge in [0.25, 0.3) is 5.91 Å². The van der Waals surface area contributed by atoms with E-state index in [9.17, 15) is 9.90 Å². The molecule has 1 amide bonds. The smallest absolute Gasteiger partial charge is 0.257 e. The number of rotatable bonds is 2. The highest BCUT2D eigenvalue weighted by atomic mass is 16.3. The number of para-hydroxylation sites is 1. The Morgan fingerprint density at radius 1 is 1.37 bits per heavy atom. The summed E-state index contributed by atoms with van der Waals surface area (Å²) in [5.74, 6) is -0.246. The summed E-state index contributed by atoms with van der Waals surface area (Å²) in [6.45, 7) is 1.44. The van der Waals surface area contributed by atoms with Crippen LogP contribution in [-0.4, -0.2) is 54.0 Å². The van der Waals surface area contributed by atoms with Crippen LogP contribution in [-0.2, 0) is 0 Å². The highest BCUT2D eigenvalue weighted by Gasteiger charge is 2.26. The average Bonchev–Trinajstić information content (AvgIpc) is 2.41. The summed E-state index contributed by atoms with van der Waals surface area (Å²) >= 11 is 0. The van der Waals surface area contributed by atoms with Crippen LogP contribution in [0.25, 0.3) is 0 Å². The number of phenols is 1. The molecule has 0 bridgehead atoms. The lowest BCUT2D eigenvalue weighted by atomic mass is 10.0. The maximum atomic E-state index is 12.3. The number of benzene rings is 1. The Labute approximate surface area is 113 Å². The van der Waals surface area contributed by atoms with E-state index in [1.165, 1.54) is 0 Å². The van der Waals surface area contributed by atoms with Crippen molar-refractivity contribution in [2.24, 2.45) is 0 Å². The summed E-state index contributed by atoms with van der Waals surface area (Å²) < 4.78 is 0. The zero-order chi connectivity index (χ0) is 14.0. The van der Waals surface area contributed by atoms with E-state index in [1.807, 2.05) is 0 Å². The molecular weight excluding hydrogens is 242 g/mol. The summed E-state index contributed by atoms with van der Waals surface area (Å²) in [5, 5.41) is 9.86. The number of carbonyl (C=O) groups excluding carboxylic acids is 1. The van der Waals surface area contributed by atoms with Crippen LogP contribution in [0.1, 0.15) is 23.2 Å². The van der Waals surface area contributed by atoms with Crippen molar-refractivity contribution >= 4 is 11.6 Å². The third-order valence-corrected chi connectivity index (χ3v) is 3.78. The van der Waals surface area contributed by atoms with Gasteiger partial charge in [-0.05, 0) is 39.1 Å². The quantitative estimate of drug-likeness (QED) is 0.620. The molecule has 3 N–H and O–H groups in total. The van der Waals surface area contributed by atoms with Crippen LogP contribution < -0.4 is 5.73 Å². The fourth-order valence-corrected chi connectivity index (χ4v) is 2.49. The van der Waals surface area contributed by atoms with Crippen molar-refractivity contribution in [1.29, 1.82) is 0 Å². The largest absolute Gasteiger partial charge is 0.505 e. The molecule has 1 fully saturated rings. The van der Waals surface area contributed by atoms with Crippen molar-refractivity contribution in [3.8, 4) is 5.75 Å². The maximum absolute atomic E-state index is 12.3. The Morgan fingerprint density at radius 2 is 2.00 bits per heavy atom. The van der Waals surface area contributed by atoms with E-state index in [-0.39, 0.29) is 17.3 Å². The lowest BCUT2D eigenvalue weighted by Crippen LogP contribution is -2.44. The molecular formula is C14H21N3O2. The number of nitrogens with two attached hydrogens (primary N) is 1. The molecule has 0 aromatic heterocycles. The lowest BCUT2D eigenvalue weighted by molar-refractivity contribution is 0.0660. The fourth-order valence-electron chi connectivity index (χ4n) is 2.49. The molecule has 0 atom stereocenters. The van der Waals surface area contributed by atoms with Gasteiger partial charge in [-0.2, -0.15) is 0 Å². The minimum atomic E-state index is -0.137. The number of likely N-dealkylation sites (tertiary alicyclic amines) is 1. The predicted octanol–water partition coefficient (Wildman–Crippen LogP) is 1.14. The highest BCUT2D eigenvalue weighted by Crippen LogP contribution is 2.26. The molecule has 2 rings (SSSR count). The first-order valence-electron chi connectivity index (χ1n) is 6.54. The molecule has 5 heteroatoms. The minimum absolute atomic E-state index is 0.109. The standard InChI is InChI=1S/C14H21N3O2/c1-16(2)10-6-8-17(9-7-10)14(19)11-4-3-5-12(15)13(11)18/h3-5,10,18H,6-9,15H2,1-2H3. The Hall–Kier alpha value is -1.75. The molecule has 19 heavy (non-hydrogen) atoms. The van der Waals surface area contributed by atoms with Gasteiger partial charge in [0.15, 0.2) is 5.75 Å². The molecule has 0 radical (unpaired) electrons. The third kappa shape index (κ3) is 2.81. The van der Waals surface area contributed by atoms with Gasteiger partial charge in [0.1, 0.15) is 0 Å². The van der Waals surface area contributed by atoms with Gasteiger partial charge < -0.3 is 20.6 Å².